The first-order chi connectivity index (χ1) is 15.1. The minimum atomic E-state index is -0.0928. The van der Waals surface area contributed by atoms with Gasteiger partial charge in [0.1, 0.15) is 0 Å². The van der Waals surface area contributed by atoms with Crippen LogP contribution in [0.25, 0.3) is 0 Å². The third-order valence-electron chi connectivity index (χ3n) is 5.84. The number of hydrogen-bond donors (Lipinski definition) is 1. The number of hydrogen-bond acceptors (Lipinski definition) is 4. The van der Waals surface area contributed by atoms with Crippen LogP contribution in [0.3, 0.4) is 0 Å². The molecule has 31 heavy (non-hydrogen) atoms. The average molecular weight is 440 g/mol. The minimum Gasteiger partial charge on any atom is -0.350 e. The highest BCUT2D eigenvalue weighted by molar-refractivity contribution is 8.00. The van der Waals surface area contributed by atoms with E-state index in [2.05, 4.69) is 36.2 Å². The van der Waals surface area contributed by atoms with Gasteiger partial charge in [-0.15, -0.1) is 11.8 Å². The molecule has 0 saturated carbocycles. The van der Waals surface area contributed by atoms with Gasteiger partial charge in [-0.1, -0.05) is 56.3 Å². The minimum absolute atomic E-state index is 0.0928. The molecule has 0 aromatic heterocycles. The largest absolute Gasteiger partial charge is 0.350 e. The lowest BCUT2D eigenvalue weighted by Gasteiger charge is -2.30. The fourth-order valence-electron chi connectivity index (χ4n) is 4.06. The Morgan fingerprint density at radius 1 is 1.00 bits per heavy atom. The first kappa shape index (κ1) is 23.4. The molecule has 166 valence electrons. The molecule has 1 aliphatic rings. The van der Waals surface area contributed by atoms with E-state index >= 15 is 0 Å². The number of rotatable bonds is 10. The maximum absolute atomic E-state index is 13.1. The van der Waals surface area contributed by atoms with E-state index in [0.717, 1.165) is 43.9 Å². The predicted molar refractivity (Wildman–Crippen MR) is 127 cm³/mol. The number of likely N-dealkylation sites (N-methyl/N-ethyl adjacent to an activating group) is 1. The number of carbonyl (C=O) groups is 2. The Morgan fingerprint density at radius 3 is 2.32 bits per heavy atom. The van der Waals surface area contributed by atoms with Gasteiger partial charge in [0.15, 0.2) is 0 Å². The van der Waals surface area contributed by atoms with Crippen LogP contribution < -0.4 is 5.32 Å². The van der Waals surface area contributed by atoms with Gasteiger partial charge in [-0.25, -0.2) is 0 Å². The zero-order chi connectivity index (χ0) is 22.1. The number of nitrogens with one attached hydrogen (secondary N) is 1. The molecule has 1 saturated heterocycles. The van der Waals surface area contributed by atoms with Gasteiger partial charge in [0, 0.05) is 24.5 Å². The summed E-state index contributed by atoms with van der Waals surface area (Å²) in [5, 5.41) is 3.14. The van der Waals surface area contributed by atoms with E-state index in [-0.39, 0.29) is 17.9 Å². The number of thioether (sulfide) groups is 1. The zero-order valence-corrected chi connectivity index (χ0v) is 19.4. The van der Waals surface area contributed by atoms with E-state index in [9.17, 15) is 9.59 Å². The van der Waals surface area contributed by atoms with Crippen molar-refractivity contribution >= 4 is 23.6 Å². The molecule has 0 radical (unpaired) electrons. The van der Waals surface area contributed by atoms with E-state index in [4.69, 9.17) is 0 Å². The fraction of sp³-hybridized carbons (Fsp3) is 0.440. The molecule has 2 amide bonds. The van der Waals surface area contributed by atoms with Gasteiger partial charge < -0.3 is 10.2 Å². The summed E-state index contributed by atoms with van der Waals surface area (Å²) in [6.07, 6.45) is 2.18. The van der Waals surface area contributed by atoms with Crippen molar-refractivity contribution < 1.29 is 9.59 Å². The first-order valence-electron chi connectivity index (χ1n) is 11.2. The molecule has 0 bridgehead atoms. The molecule has 0 spiro atoms. The second kappa shape index (κ2) is 11.9. The van der Waals surface area contributed by atoms with Crippen LogP contribution in [0.1, 0.15) is 48.7 Å². The molecule has 1 fully saturated rings. The monoisotopic (exact) mass is 439 g/mol. The number of benzene rings is 2. The van der Waals surface area contributed by atoms with Crippen molar-refractivity contribution in [2.45, 2.75) is 37.6 Å². The van der Waals surface area contributed by atoms with Gasteiger partial charge in [-0.05, 0) is 43.6 Å². The number of nitrogens with zero attached hydrogens (tertiary/aromatic N) is 2. The molecule has 5 nitrogen and oxygen atoms in total. The molecule has 0 aliphatic carbocycles. The Morgan fingerprint density at radius 2 is 1.65 bits per heavy atom. The third kappa shape index (κ3) is 6.34. The average Bonchev–Trinajstić information content (AvgIpc) is 3.36. The summed E-state index contributed by atoms with van der Waals surface area (Å²) in [4.78, 5) is 30.6. The van der Waals surface area contributed by atoms with E-state index in [1.807, 2.05) is 47.4 Å². The highest BCUT2D eigenvalue weighted by Crippen LogP contribution is 2.25. The molecular formula is C25H33N3O2S. The molecule has 1 N–H and O–H groups in total. The molecule has 6 heteroatoms. The normalized spacial score (nSPS) is 14.6. The summed E-state index contributed by atoms with van der Waals surface area (Å²) >= 11 is 1.45. The predicted octanol–water partition coefficient (Wildman–Crippen LogP) is 4.21. The standard InChI is InChI=1S/C25H33N3O2S/c1-3-27(4-2)22(20-12-6-5-7-13-20)18-26-25(30)21-14-8-9-15-23(21)31-19-24(29)28-16-10-11-17-28/h5-9,12-15,22H,3-4,10-11,16-19H2,1-2H3,(H,26,30). The molecule has 1 unspecified atom stereocenters. The quantitative estimate of drug-likeness (QED) is 0.564. The van der Waals surface area contributed by atoms with Crippen LogP contribution in [-0.4, -0.2) is 60.1 Å². The third-order valence-corrected chi connectivity index (χ3v) is 6.89. The van der Waals surface area contributed by atoms with E-state index in [1.165, 1.54) is 17.3 Å². The summed E-state index contributed by atoms with van der Waals surface area (Å²) in [6, 6.07) is 18.0. The van der Waals surface area contributed by atoms with Crippen molar-refractivity contribution in [2.75, 3.05) is 38.5 Å². The Labute approximate surface area is 190 Å². The van der Waals surface area contributed by atoms with Crippen molar-refractivity contribution in [3.05, 3.63) is 65.7 Å². The lowest BCUT2D eigenvalue weighted by atomic mass is 10.0. The number of amides is 2. The van der Waals surface area contributed by atoms with Gasteiger partial charge in [0.2, 0.25) is 5.91 Å². The molecule has 1 atom stereocenters. The van der Waals surface area contributed by atoms with E-state index < -0.39 is 0 Å². The number of carbonyl (C=O) groups excluding carboxylic acids is 2. The topological polar surface area (TPSA) is 52.7 Å². The summed E-state index contributed by atoms with van der Waals surface area (Å²) in [5.74, 6) is 0.435. The lowest BCUT2D eigenvalue weighted by molar-refractivity contribution is -0.127. The smallest absolute Gasteiger partial charge is 0.252 e. The van der Waals surface area contributed by atoms with Crippen molar-refractivity contribution in [3.8, 4) is 0 Å². The maximum atomic E-state index is 13.1. The van der Waals surface area contributed by atoms with E-state index in [0.29, 0.717) is 17.9 Å². The van der Waals surface area contributed by atoms with Gasteiger partial charge >= 0.3 is 0 Å². The van der Waals surface area contributed by atoms with Crippen molar-refractivity contribution in [2.24, 2.45) is 0 Å². The molecule has 3 rings (SSSR count). The van der Waals surface area contributed by atoms with Gasteiger partial charge in [-0.2, -0.15) is 0 Å². The second-order valence-corrected chi connectivity index (χ2v) is 8.75. The summed E-state index contributed by atoms with van der Waals surface area (Å²) in [7, 11) is 0. The fourth-order valence-corrected chi connectivity index (χ4v) is 5.01. The molecule has 1 aliphatic heterocycles. The SMILES string of the molecule is CCN(CC)C(CNC(=O)c1ccccc1SCC(=O)N1CCCC1)c1ccccc1. The van der Waals surface area contributed by atoms with Gasteiger partial charge in [0.05, 0.1) is 17.4 Å². The van der Waals surface area contributed by atoms with Crippen molar-refractivity contribution in [1.29, 1.82) is 0 Å². The number of likely N-dealkylation sites (tertiary alicyclic amines) is 1. The Balaban J connectivity index is 1.65. The van der Waals surface area contributed by atoms with Gasteiger partial charge in [-0.3, -0.25) is 14.5 Å². The zero-order valence-electron chi connectivity index (χ0n) is 18.5. The molecule has 2 aromatic rings. The van der Waals surface area contributed by atoms with Crippen LogP contribution in [0.2, 0.25) is 0 Å². The molecule has 1 heterocycles. The van der Waals surface area contributed by atoms with Crippen LogP contribution in [-0.2, 0) is 4.79 Å². The van der Waals surface area contributed by atoms with Crippen LogP contribution >= 0.6 is 11.8 Å². The second-order valence-electron chi connectivity index (χ2n) is 7.73. The highest BCUT2D eigenvalue weighted by atomic mass is 32.2. The van der Waals surface area contributed by atoms with Crippen molar-refractivity contribution in [1.82, 2.24) is 15.1 Å². The summed E-state index contributed by atoms with van der Waals surface area (Å²) < 4.78 is 0. The summed E-state index contributed by atoms with van der Waals surface area (Å²) in [5.41, 5.74) is 1.83. The van der Waals surface area contributed by atoms with Crippen LogP contribution in [0.5, 0.6) is 0 Å². The Hall–Kier alpha value is -2.31. The van der Waals surface area contributed by atoms with Crippen LogP contribution in [0.4, 0.5) is 0 Å². The molecule has 2 aromatic carbocycles. The van der Waals surface area contributed by atoms with Crippen LogP contribution in [0, 0.1) is 0 Å². The van der Waals surface area contributed by atoms with Crippen molar-refractivity contribution in [3.63, 3.8) is 0 Å². The Kier molecular flexibility index (Phi) is 8.98. The summed E-state index contributed by atoms with van der Waals surface area (Å²) in [6.45, 7) is 8.36. The lowest BCUT2D eigenvalue weighted by Crippen LogP contribution is -2.38. The van der Waals surface area contributed by atoms with Gasteiger partial charge in [0.25, 0.3) is 5.91 Å². The first-order valence-corrected chi connectivity index (χ1v) is 12.2. The Bertz CT molecular complexity index is 849. The molecular weight excluding hydrogens is 406 g/mol. The maximum Gasteiger partial charge on any atom is 0.252 e. The van der Waals surface area contributed by atoms with E-state index in [1.54, 1.807) is 0 Å². The highest BCUT2D eigenvalue weighted by Gasteiger charge is 2.21. The van der Waals surface area contributed by atoms with Crippen LogP contribution in [0.15, 0.2) is 59.5 Å².